The SMILES string of the molecule is CCCc1ccc([S+](c2ccccc2)c2ccc(CCC)cc2)cc1. The van der Waals surface area contributed by atoms with Gasteiger partial charge in [-0.25, -0.2) is 0 Å². The Bertz CT molecular complexity index is 708. The molecule has 0 atom stereocenters. The summed E-state index contributed by atoms with van der Waals surface area (Å²) >= 11 is 0. The number of aryl methyl sites for hydroxylation is 2. The van der Waals surface area contributed by atoms with Gasteiger partial charge in [0, 0.05) is 0 Å². The molecule has 0 bridgehead atoms. The highest BCUT2D eigenvalue weighted by Crippen LogP contribution is 2.31. The second kappa shape index (κ2) is 8.92. The largest absolute Gasteiger partial charge is 0.166 e. The lowest BCUT2D eigenvalue weighted by Gasteiger charge is -2.09. The van der Waals surface area contributed by atoms with Gasteiger partial charge in [-0.15, -0.1) is 0 Å². The fourth-order valence-electron chi connectivity index (χ4n) is 3.13. The summed E-state index contributed by atoms with van der Waals surface area (Å²) in [6, 6.07) is 29.4. The molecular formula is C24H27S+. The molecule has 25 heavy (non-hydrogen) atoms. The van der Waals surface area contributed by atoms with Gasteiger partial charge in [-0.05, 0) is 60.4 Å². The maximum absolute atomic E-state index is 2.32. The average Bonchev–Trinajstić information content (AvgIpc) is 2.66. The van der Waals surface area contributed by atoms with Gasteiger partial charge in [-0.1, -0.05) is 69.2 Å². The summed E-state index contributed by atoms with van der Waals surface area (Å²) in [4.78, 5) is 4.18. The Balaban J connectivity index is 1.98. The molecule has 0 aliphatic heterocycles. The Kier molecular flexibility index (Phi) is 6.36. The van der Waals surface area contributed by atoms with Crippen molar-refractivity contribution in [3.05, 3.63) is 90.0 Å². The molecule has 0 amide bonds. The van der Waals surface area contributed by atoms with E-state index in [0.29, 0.717) is 0 Å². The summed E-state index contributed by atoms with van der Waals surface area (Å²) in [7, 11) is -0.0390. The van der Waals surface area contributed by atoms with E-state index in [2.05, 4.69) is 92.7 Å². The van der Waals surface area contributed by atoms with Crippen LogP contribution >= 0.6 is 0 Å². The summed E-state index contributed by atoms with van der Waals surface area (Å²) in [6.07, 6.45) is 4.71. The monoisotopic (exact) mass is 347 g/mol. The zero-order chi connectivity index (χ0) is 17.5. The zero-order valence-corrected chi connectivity index (χ0v) is 16.1. The highest BCUT2D eigenvalue weighted by molar-refractivity contribution is 7.97. The minimum atomic E-state index is -0.0390. The van der Waals surface area contributed by atoms with Crippen LogP contribution in [0.2, 0.25) is 0 Å². The van der Waals surface area contributed by atoms with Crippen LogP contribution in [-0.2, 0) is 23.7 Å². The molecule has 0 aliphatic rings. The van der Waals surface area contributed by atoms with Crippen molar-refractivity contribution in [3.8, 4) is 0 Å². The molecule has 0 unspecified atom stereocenters. The molecule has 0 fully saturated rings. The van der Waals surface area contributed by atoms with E-state index in [0.717, 1.165) is 12.8 Å². The highest BCUT2D eigenvalue weighted by Gasteiger charge is 2.28. The summed E-state index contributed by atoms with van der Waals surface area (Å²) in [6.45, 7) is 4.47. The van der Waals surface area contributed by atoms with E-state index in [9.17, 15) is 0 Å². The van der Waals surface area contributed by atoms with Crippen molar-refractivity contribution in [3.63, 3.8) is 0 Å². The van der Waals surface area contributed by atoms with Crippen LogP contribution < -0.4 is 0 Å². The quantitative estimate of drug-likeness (QED) is 0.418. The van der Waals surface area contributed by atoms with Gasteiger partial charge in [0.1, 0.15) is 0 Å². The van der Waals surface area contributed by atoms with Gasteiger partial charge in [-0.3, -0.25) is 0 Å². The summed E-state index contributed by atoms with van der Waals surface area (Å²) in [5, 5.41) is 0. The van der Waals surface area contributed by atoms with Crippen molar-refractivity contribution in [2.75, 3.05) is 0 Å². The second-order valence-corrected chi connectivity index (χ2v) is 8.43. The number of hydrogen-bond donors (Lipinski definition) is 0. The first-order chi connectivity index (χ1) is 12.3. The number of hydrogen-bond acceptors (Lipinski definition) is 0. The zero-order valence-electron chi connectivity index (χ0n) is 15.2. The number of benzene rings is 3. The van der Waals surface area contributed by atoms with Crippen molar-refractivity contribution in [1.29, 1.82) is 0 Å². The van der Waals surface area contributed by atoms with E-state index < -0.39 is 0 Å². The Labute approximate surface area is 155 Å². The molecule has 0 aliphatic carbocycles. The van der Waals surface area contributed by atoms with Crippen LogP contribution in [0.3, 0.4) is 0 Å². The van der Waals surface area contributed by atoms with Gasteiger partial charge < -0.3 is 0 Å². The van der Waals surface area contributed by atoms with Crippen LogP contribution in [0.4, 0.5) is 0 Å². The summed E-state index contributed by atoms with van der Waals surface area (Å²) in [5.74, 6) is 0. The van der Waals surface area contributed by atoms with Crippen LogP contribution in [0, 0.1) is 0 Å². The van der Waals surface area contributed by atoms with Crippen molar-refractivity contribution in [2.45, 2.75) is 54.2 Å². The van der Waals surface area contributed by atoms with E-state index in [1.54, 1.807) is 0 Å². The molecule has 3 aromatic rings. The minimum Gasteiger partial charge on any atom is -0.0651 e. The van der Waals surface area contributed by atoms with Crippen LogP contribution in [-0.4, -0.2) is 0 Å². The second-order valence-electron chi connectivity index (χ2n) is 6.41. The van der Waals surface area contributed by atoms with Crippen molar-refractivity contribution >= 4 is 10.9 Å². The van der Waals surface area contributed by atoms with Gasteiger partial charge in [0.15, 0.2) is 14.7 Å². The van der Waals surface area contributed by atoms with Crippen molar-refractivity contribution in [2.24, 2.45) is 0 Å². The lowest BCUT2D eigenvalue weighted by molar-refractivity contribution is 0.919. The van der Waals surface area contributed by atoms with E-state index in [1.807, 2.05) is 0 Å². The van der Waals surface area contributed by atoms with E-state index in [4.69, 9.17) is 0 Å². The van der Waals surface area contributed by atoms with E-state index >= 15 is 0 Å². The normalized spacial score (nSPS) is 11.0. The molecule has 0 heterocycles. The third kappa shape index (κ3) is 4.55. The smallest absolute Gasteiger partial charge is 0.0651 e. The molecule has 0 aromatic heterocycles. The fourth-order valence-corrected chi connectivity index (χ4v) is 5.19. The van der Waals surface area contributed by atoms with Gasteiger partial charge in [0.25, 0.3) is 0 Å². The summed E-state index contributed by atoms with van der Waals surface area (Å²) in [5.41, 5.74) is 2.86. The van der Waals surface area contributed by atoms with Gasteiger partial charge in [0.05, 0.1) is 10.9 Å². The van der Waals surface area contributed by atoms with Crippen molar-refractivity contribution in [1.82, 2.24) is 0 Å². The predicted octanol–water partition coefficient (Wildman–Crippen LogP) is 6.69. The van der Waals surface area contributed by atoms with Crippen LogP contribution in [0.5, 0.6) is 0 Å². The number of rotatable bonds is 7. The van der Waals surface area contributed by atoms with Gasteiger partial charge >= 0.3 is 0 Å². The molecular weight excluding hydrogens is 320 g/mol. The van der Waals surface area contributed by atoms with Gasteiger partial charge in [-0.2, -0.15) is 0 Å². The molecule has 3 rings (SSSR count). The first-order valence-corrected chi connectivity index (χ1v) is 10.5. The lowest BCUT2D eigenvalue weighted by Crippen LogP contribution is -2.05. The standard InChI is InChI=1S/C24H27S/c1-3-8-20-12-16-23(17-13-20)25(22-10-6-5-7-11-22)24-18-14-21(9-4-2)15-19-24/h5-7,10-19H,3-4,8-9H2,1-2H3/q+1. The lowest BCUT2D eigenvalue weighted by atomic mass is 10.1. The topological polar surface area (TPSA) is 0 Å². The summed E-state index contributed by atoms with van der Waals surface area (Å²) < 4.78 is 0. The average molecular weight is 348 g/mol. The molecule has 1 heteroatoms. The Morgan fingerprint density at radius 3 is 1.32 bits per heavy atom. The van der Waals surface area contributed by atoms with Crippen molar-refractivity contribution < 1.29 is 0 Å². The first-order valence-electron chi connectivity index (χ1n) is 9.29. The molecule has 0 nitrogen and oxygen atoms in total. The van der Waals surface area contributed by atoms with E-state index in [1.165, 1.54) is 38.7 Å². The van der Waals surface area contributed by atoms with E-state index in [-0.39, 0.29) is 10.9 Å². The molecule has 0 spiro atoms. The first kappa shape index (κ1) is 17.8. The van der Waals surface area contributed by atoms with Crippen LogP contribution in [0.1, 0.15) is 37.8 Å². The third-order valence-electron chi connectivity index (χ3n) is 4.37. The molecule has 0 N–H and O–H groups in total. The maximum Gasteiger partial charge on any atom is 0.166 e. The van der Waals surface area contributed by atoms with Crippen LogP contribution in [0.25, 0.3) is 0 Å². The third-order valence-corrected chi connectivity index (χ3v) is 6.61. The van der Waals surface area contributed by atoms with Crippen LogP contribution in [0.15, 0.2) is 93.5 Å². The molecule has 128 valence electrons. The Morgan fingerprint density at radius 2 is 0.920 bits per heavy atom. The Morgan fingerprint density at radius 1 is 0.520 bits per heavy atom. The minimum absolute atomic E-state index is 0.0390. The van der Waals surface area contributed by atoms with Gasteiger partial charge in [0.2, 0.25) is 0 Å². The fraction of sp³-hybridized carbons (Fsp3) is 0.250. The molecule has 3 aromatic carbocycles. The Hall–Kier alpha value is -1.99. The predicted molar refractivity (Wildman–Crippen MR) is 109 cm³/mol. The maximum atomic E-state index is 2.32. The highest BCUT2D eigenvalue weighted by atomic mass is 32.2. The molecule has 0 radical (unpaired) electrons. The molecule has 0 saturated heterocycles. The molecule has 0 saturated carbocycles.